The smallest absolute Gasteiger partial charge is 0.394 e. The van der Waals surface area contributed by atoms with Crippen LogP contribution in [0.2, 0.25) is 0 Å². The number of halogens is 3. The van der Waals surface area contributed by atoms with Crippen molar-refractivity contribution in [3.05, 3.63) is 34.9 Å². The van der Waals surface area contributed by atoms with Gasteiger partial charge in [0, 0.05) is 13.1 Å². The van der Waals surface area contributed by atoms with Crippen molar-refractivity contribution in [3.63, 3.8) is 0 Å². The molecule has 26 heavy (non-hydrogen) atoms. The number of fused-ring (bicyclic) bond motifs is 1. The van der Waals surface area contributed by atoms with Gasteiger partial charge in [0.05, 0.1) is 17.9 Å². The van der Waals surface area contributed by atoms with E-state index in [0.717, 1.165) is 34.4 Å². The Kier molecular flexibility index (Phi) is 4.86. The fourth-order valence-electron chi connectivity index (χ4n) is 3.86. The summed E-state index contributed by atoms with van der Waals surface area (Å²) in [5.74, 6) is -5.19. The van der Waals surface area contributed by atoms with Crippen molar-refractivity contribution in [1.82, 2.24) is 10.2 Å². The van der Waals surface area contributed by atoms with Gasteiger partial charge in [-0.15, -0.1) is 0 Å². The average Bonchev–Trinajstić information content (AvgIpc) is 3.01. The third-order valence-electron chi connectivity index (χ3n) is 5.26. The van der Waals surface area contributed by atoms with Gasteiger partial charge in [0.25, 0.3) is 0 Å². The molecule has 0 saturated carbocycles. The number of carboxylic acid groups (broad SMARTS) is 1. The Hall–Kier alpha value is -2.25. The number of likely N-dealkylation sites (tertiary alicyclic amines) is 1. The van der Waals surface area contributed by atoms with E-state index in [-0.39, 0.29) is 6.04 Å². The first-order valence-electron chi connectivity index (χ1n) is 8.61. The molecule has 2 amide bonds. The van der Waals surface area contributed by atoms with Crippen molar-refractivity contribution < 1.29 is 27.9 Å². The lowest BCUT2D eigenvalue weighted by Gasteiger charge is -2.29. The van der Waals surface area contributed by atoms with Gasteiger partial charge in [-0.3, -0.25) is 4.79 Å². The number of aliphatic carboxylic acids is 1. The fourth-order valence-corrected chi connectivity index (χ4v) is 3.86. The van der Waals surface area contributed by atoms with Gasteiger partial charge < -0.3 is 15.3 Å². The Morgan fingerprint density at radius 3 is 2.62 bits per heavy atom. The third-order valence-corrected chi connectivity index (χ3v) is 5.26. The zero-order valence-corrected chi connectivity index (χ0v) is 14.3. The van der Waals surface area contributed by atoms with Crippen LogP contribution in [0.15, 0.2) is 18.2 Å². The van der Waals surface area contributed by atoms with Gasteiger partial charge >= 0.3 is 18.2 Å². The number of carboxylic acids is 1. The number of carbonyl (C=O) groups excluding carboxylic acids is 1. The standard InChI is InChI=1S/C18H21F3N2O3/c1-10-5-6-11-3-2-4-15(12(11)7-10)22-17(26)23-8-13(16(24)25)14(9-23)18(19,20)21/h5-7,13-15H,2-4,8-9H2,1H3,(H,22,26)(H,24,25)/t13-,14-,15-/m1/s1. The van der Waals surface area contributed by atoms with Gasteiger partial charge in [0.1, 0.15) is 0 Å². The molecule has 5 nitrogen and oxygen atoms in total. The first-order valence-corrected chi connectivity index (χ1v) is 8.61. The van der Waals surface area contributed by atoms with Crippen LogP contribution in [0.1, 0.15) is 35.6 Å². The number of nitrogens with zero attached hydrogens (tertiary/aromatic N) is 1. The Morgan fingerprint density at radius 2 is 2.00 bits per heavy atom. The second kappa shape index (κ2) is 6.81. The minimum absolute atomic E-state index is 0.264. The van der Waals surface area contributed by atoms with Crippen LogP contribution >= 0.6 is 0 Å². The van der Waals surface area contributed by atoms with Crippen molar-refractivity contribution in [2.24, 2.45) is 11.8 Å². The largest absolute Gasteiger partial charge is 0.481 e. The molecular formula is C18H21F3N2O3. The van der Waals surface area contributed by atoms with Crippen LogP contribution in [0.4, 0.5) is 18.0 Å². The predicted octanol–water partition coefficient (Wildman–Crippen LogP) is 3.28. The van der Waals surface area contributed by atoms with Crippen molar-refractivity contribution in [2.45, 2.75) is 38.4 Å². The topological polar surface area (TPSA) is 69.6 Å². The van der Waals surface area contributed by atoms with Crippen LogP contribution in [-0.2, 0) is 11.2 Å². The summed E-state index contributed by atoms with van der Waals surface area (Å²) in [6.07, 6.45) is -2.15. The van der Waals surface area contributed by atoms with Gasteiger partial charge in [-0.2, -0.15) is 13.2 Å². The summed E-state index contributed by atoms with van der Waals surface area (Å²) in [7, 11) is 0. The summed E-state index contributed by atoms with van der Waals surface area (Å²) in [5.41, 5.74) is 3.17. The maximum Gasteiger partial charge on any atom is 0.394 e. The third kappa shape index (κ3) is 3.64. The van der Waals surface area contributed by atoms with E-state index in [4.69, 9.17) is 5.11 Å². The second-order valence-corrected chi connectivity index (χ2v) is 7.09. The molecule has 1 aliphatic heterocycles. The molecule has 1 aliphatic carbocycles. The molecule has 1 aromatic rings. The molecule has 0 radical (unpaired) electrons. The molecule has 0 aromatic heterocycles. The number of nitrogens with one attached hydrogen (secondary N) is 1. The van der Waals surface area contributed by atoms with E-state index in [9.17, 15) is 22.8 Å². The van der Waals surface area contributed by atoms with Crippen LogP contribution in [-0.4, -0.2) is 41.3 Å². The summed E-state index contributed by atoms with van der Waals surface area (Å²) in [5, 5.41) is 11.9. The number of amides is 2. The minimum Gasteiger partial charge on any atom is -0.481 e. The lowest BCUT2D eigenvalue weighted by molar-refractivity contribution is -0.187. The number of urea groups is 1. The van der Waals surface area contributed by atoms with E-state index >= 15 is 0 Å². The van der Waals surface area contributed by atoms with Gasteiger partial charge in [-0.1, -0.05) is 23.8 Å². The summed E-state index contributed by atoms with van der Waals surface area (Å²) in [6, 6.07) is 5.09. The van der Waals surface area contributed by atoms with E-state index in [0.29, 0.717) is 6.42 Å². The molecule has 1 heterocycles. The first-order chi connectivity index (χ1) is 12.2. The molecule has 1 fully saturated rings. The van der Waals surface area contributed by atoms with Crippen LogP contribution < -0.4 is 5.32 Å². The zero-order chi connectivity index (χ0) is 19.1. The summed E-state index contributed by atoms with van der Waals surface area (Å²) < 4.78 is 39.3. The van der Waals surface area contributed by atoms with E-state index in [1.807, 2.05) is 25.1 Å². The van der Waals surface area contributed by atoms with E-state index in [1.54, 1.807) is 0 Å². The van der Waals surface area contributed by atoms with Crippen LogP contribution in [0, 0.1) is 18.8 Å². The van der Waals surface area contributed by atoms with E-state index in [1.165, 1.54) is 0 Å². The van der Waals surface area contributed by atoms with Crippen LogP contribution in [0.5, 0.6) is 0 Å². The molecule has 142 valence electrons. The van der Waals surface area contributed by atoms with Gasteiger partial charge in [-0.05, 0) is 37.3 Å². The Labute approximate surface area is 149 Å². The molecular weight excluding hydrogens is 349 g/mol. The highest BCUT2D eigenvalue weighted by Gasteiger charge is 2.53. The number of rotatable bonds is 2. The Morgan fingerprint density at radius 1 is 1.27 bits per heavy atom. The van der Waals surface area contributed by atoms with Crippen molar-refractivity contribution in [1.29, 1.82) is 0 Å². The minimum atomic E-state index is -4.65. The number of alkyl halides is 3. The zero-order valence-electron chi connectivity index (χ0n) is 14.3. The maximum atomic E-state index is 13.1. The Bertz CT molecular complexity index is 720. The van der Waals surface area contributed by atoms with Crippen LogP contribution in [0.3, 0.4) is 0 Å². The molecule has 3 rings (SSSR count). The highest BCUT2D eigenvalue weighted by molar-refractivity contribution is 5.78. The number of benzene rings is 1. The number of aryl methyl sites for hydroxylation is 2. The molecule has 1 aromatic carbocycles. The molecule has 2 aliphatic rings. The second-order valence-electron chi connectivity index (χ2n) is 7.09. The van der Waals surface area contributed by atoms with E-state index in [2.05, 4.69) is 5.32 Å². The van der Waals surface area contributed by atoms with Crippen molar-refractivity contribution >= 4 is 12.0 Å². The number of carbonyl (C=O) groups is 2. The highest BCUT2D eigenvalue weighted by atomic mass is 19.4. The Balaban J connectivity index is 1.74. The van der Waals surface area contributed by atoms with Gasteiger partial charge in [0.15, 0.2) is 0 Å². The summed E-state index contributed by atoms with van der Waals surface area (Å²) >= 11 is 0. The van der Waals surface area contributed by atoms with Gasteiger partial charge in [-0.25, -0.2) is 4.79 Å². The van der Waals surface area contributed by atoms with Gasteiger partial charge in [0.2, 0.25) is 0 Å². The fraction of sp³-hybridized carbons (Fsp3) is 0.556. The molecule has 0 bridgehead atoms. The summed E-state index contributed by atoms with van der Waals surface area (Å²) in [6.45, 7) is 0.887. The normalized spacial score (nSPS) is 25.7. The molecule has 1 saturated heterocycles. The molecule has 0 spiro atoms. The quantitative estimate of drug-likeness (QED) is 0.839. The predicted molar refractivity (Wildman–Crippen MR) is 87.6 cm³/mol. The van der Waals surface area contributed by atoms with Crippen molar-refractivity contribution in [2.75, 3.05) is 13.1 Å². The molecule has 8 heteroatoms. The van der Waals surface area contributed by atoms with E-state index < -0.39 is 43.1 Å². The average molecular weight is 370 g/mol. The van der Waals surface area contributed by atoms with Crippen LogP contribution in [0.25, 0.3) is 0 Å². The maximum absolute atomic E-state index is 13.1. The molecule has 0 unspecified atom stereocenters. The number of hydrogen-bond donors (Lipinski definition) is 2. The monoisotopic (exact) mass is 370 g/mol. The highest BCUT2D eigenvalue weighted by Crippen LogP contribution is 2.38. The lowest BCUT2D eigenvalue weighted by Crippen LogP contribution is -2.42. The molecule has 3 atom stereocenters. The van der Waals surface area contributed by atoms with Crippen molar-refractivity contribution in [3.8, 4) is 0 Å². The first kappa shape index (κ1) is 18.5. The molecule has 2 N–H and O–H groups in total. The lowest BCUT2D eigenvalue weighted by atomic mass is 9.87. The number of hydrogen-bond acceptors (Lipinski definition) is 2. The summed E-state index contributed by atoms with van der Waals surface area (Å²) in [4.78, 5) is 24.6. The SMILES string of the molecule is Cc1ccc2c(c1)[C@H](NC(=O)N1C[C@@H](C(F)(F)F)[C@H](C(=O)O)C1)CCC2.